The lowest BCUT2D eigenvalue weighted by Crippen LogP contribution is -2.48. The molecule has 1 unspecified atom stereocenters. The van der Waals surface area contributed by atoms with Gasteiger partial charge >= 0.3 is 6.03 Å². The van der Waals surface area contributed by atoms with Gasteiger partial charge in [-0.15, -0.1) is 0 Å². The van der Waals surface area contributed by atoms with E-state index in [2.05, 4.69) is 12.2 Å². The van der Waals surface area contributed by atoms with Crippen LogP contribution in [0.1, 0.15) is 19.8 Å². The van der Waals surface area contributed by atoms with Gasteiger partial charge in [-0.25, -0.2) is 4.79 Å². The van der Waals surface area contributed by atoms with Crippen LogP contribution in [-0.2, 0) is 4.74 Å². The van der Waals surface area contributed by atoms with Crippen LogP contribution in [0.15, 0.2) is 0 Å². The Balaban J connectivity index is 2.21. The maximum absolute atomic E-state index is 11.8. The van der Waals surface area contributed by atoms with Crippen molar-refractivity contribution in [2.45, 2.75) is 25.8 Å². The Hall–Kier alpha value is -0.810. The van der Waals surface area contributed by atoms with Gasteiger partial charge in [0.25, 0.3) is 0 Å². The van der Waals surface area contributed by atoms with Crippen molar-refractivity contribution in [3.8, 4) is 0 Å². The summed E-state index contributed by atoms with van der Waals surface area (Å²) >= 11 is 0. The minimum Gasteiger partial charge on any atom is -0.384 e. The maximum Gasteiger partial charge on any atom is 0.319 e. The molecule has 1 rings (SSSR count). The average molecular weight is 257 g/mol. The second-order valence-corrected chi connectivity index (χ2v) is 5.41. The molecule has 0 radical (unpaired) electrons. The van der Waals surface area contributed by atoms with Crippen molar-refractivity contribution in [2.24, 2.45) is 5.92 Å². The first-order valence-electron chi connectivity index (χ1n) is 6.73. The molecule has 0 aromatic rings. The lowest BCUT2D eigenvalue weighted by atomic mass is 10.0. The van der Waals surface area contributed by atoms with Crippen LogP contribution in [0, 0.1) is 5.92 Å². The molecule has 0 spiro atoms. The summed E-state index contributed by atoms with van der Waals surface area (Å²) in [5.41, 5.74) is 0. The van der Waals surface area contributed by atoms with Gasteiger partial charge < -0.3 is 19.9 Å². The summed E-state index contributed by atoms with van der Waals surface area (Å²) in [5, 5.41) is 3.56. The highest BCUT2D eigenvalue weighted by molar-refractivity contribution is 5.73. The van der Waals surface area contributed by atoms with Crippen molar-refractivity contribution >= 4 is 6.03 Å². The zero-order valence-electron chi connectivity index (χ0n) is 12.1. The molecule has 0 aromatic heterocycles. The van der Waals surface area contributed by atoms with E-state index in [1.165, 1.54) is 0 Å². The Labute approximate surface area is 110 Å². The molecule has 1 heterocycles. The van der Waals surface area contributed by atoms with Crippen molar-refractivity contribution in [3.63, 3.8) is 0 Å². The molecule has 0 aliphatic carbocycles. The molecule has 0 saturated carbocycles. The van der Waals surface area contributed by atoms with Crippen LogP contribution in [0.3, 0.4) is 0 Å². The third-order valence-electron chi connectivity index (χ3n) is 3.35. The fourth-order valence-corrected chi connectivity index (χ4v) is 2.27. The summed E-state index contributed by atoms with van der Waals surface area (Å²) in [5.74, 6) is 0.538. The Bertz CT molecular complexity index is 251. The zero-order chi connectivity index (χ0) is 13.5. The molecular weight excluding hydrogens is 230 g/mol. The standard InChI is InChI=1S/C13H27N3O2/c1-11(10-18-4)9-14-12-5-7-16(8-6-12)13(17)15(2)3/h11-12,14H,5-10H2,1-4H3. The zero-order valence-corrected chi connectivity index (χ0v) is 12.1. The molecule has 1 N–H and O–H groups in total. The third kappa shape index (κ3) is 4.82. The van der Waals surface area contributed by atoms with Gasteiger partial charge in [-0.2, -0.15) is 0 Å². The van der Waals surface area contributed by atoms with E-state index in [0.717, 1.165) is 39.1 Å². The predicted octanol–water partition coefficient (Wildman–Crippen LogP) is 1.00. The number of nitrogens with one attached hydrogen (secondary N) is 1. The summed E-state index contributed by atoms with van der Waals surface area (Å²) in [6.07, 6.45) is 2.08. The Morgan fingerprint density at radius 1 is 1.44 bits per heavy atom. The van der Waals surface area contributed by atoms with Gasteiger partial charge in [-0.05, 0) is 18.8 Å². The first-order chi connectivity index (χ1) is 8.54. The van der Waals surface area contributed by atoms with Crippen LogP contribution in [-0.4, -0.2) is 69.3 Å². The number of methoxy groups -OCH3 is 1. The summed E-state index contributed by atoms with van der Waals surface area (Å²) < 4.78 is 5.12. The molecule has 106 valence electrons. The third-order valence-corrected chi connectivity index (χ3v) is 3.35. The number of carbonyl (C=O) groups excluding carboxylic acids is 1. The second kappa shape index (κ2) is 7.59. The number of likely N-dealkylation sites (tertiary alicyclic amines) is 1. The monoisotopic (exact) mass is 257 g/mol. The highest BCUT2D eigenvalue weighted by atomic mass is 16.5. The molecule has 1 saturated heterocycles. The summed E-state index contributed by atoms with van der Waals surface area (Å²) in [6.45, 7) is 5.67. The minimum absolute atomic E-state index is 0.126. The number of piperidine rings is 1. The molecule has 1 aliphatic rings. The van der Waals surface area contributed by atoms with E-state index >= 15 is 0 Å². The molecule has 1 aliphatic heterocycles. The predicted molar refractivity (Wildman–Crippen MR) is 72.7 cm³/mol. The van der Waals surface area contributed by atoms with Crippen molar-refractivity contribution < 1.29 is 9.53 Å². The maximum atomic E-state index is 11.8. The quantitative estimate of drug-likeness (QED) is 0.799. The first kappa shape index (κ1) is 15.2. The summed E-state index contributed by atoms with van der Waals surface area (Å²) in [6, 6.07) is 0.664. The number of urea groups is 1. The SMILES string of the molecule is COCC(C)CNC1CCN(C(=O)N(C)C)CC1. The van der Waals surface area contributed by atoms with Gasteiger partial charge in [-0.3, -0.25) is 0 Å². The molecule has 0 aromatic carbocycles. The molecule has 2 amide bonds. The molecule has 0 bridgehead atoms. The molecule has 5 heteroatoms. The number of hydrogen-bond donors (Lipinski definition) is 1. The lowest BCUT2D eigenvalue weighted by molar-refractivity contribution is 0.143. The van der Waals surface area contributed by atoms with Crippen molar-refractivity contribution in [3.05, 3.63) is 0 Å². The topological polar surface area (TPSA) is 44.8 Å². The Kier molecular flexibility index (Phi) is 6.43. The van der Waals surface area contributed by atoms with Gasteiger partial charge in [-0.1, -0.05) is 6.92 Å². The van der Waals surface area contributed by atoms with Crippen LogP contribution in [0.4, 0.5) is 4.79 Å². The van der Waals surface area contributed by atoms with Gasteiger partial charge in [0.15, 0.2) is 0 Å². The van der Waals surface area contributed by atoms with Crippen LogP contribution < -0.4 is 5.32 Å². The van der Waals surface area contributed by atoms with Gasteiger partial charge in [0, 0.05) is 53.5 Å². The smallest absolute Gasteiger partial charge is 0.319 e. The van der Waals surface area contributed by atoms with Crippen molar-refractivity contribution in [2.75, 3.05) is 47.4 Å². The molecule has 1 atom stereocenters. The van der Waals surface area contributed by atoms with E-state index in [0.29, 0.717) is 12.0 Å². The van der Waals surface area contributed by atoms with Crippen LogP contribution in [0.25, 0.3) is 0 Å². The van der Waals surface area contributed by atoms with E-state index < -0.39 is 0 Å². The number of nitrogens with zero attached hydrogens (tertiary/aromatic N) is 2. The second-order valence-electron chi connectivity index (χ2n) is 5.41. The van der Waals surface area contributed by atoms with Crippen LogP contribution in [0.5, 0.6) is 0 Å². The summed E-state index contributed by atoms with van der Waals surface area (Å²) in [4.78, 5) is 15.3. The summed E-state index contributed by atoms with van der Waals surface area (Å²) in [7, 11) is 5.35. The highest BCUT2D eigenvalue weighted by Gasteiger charge is 2.23. The van der Waals surface area contributed by atoms with Crippen LogP contribution in [0.2, 0.25) is 0 Å². The molecule has 5 nitrogen and oxygen atoms in total. The number of ether oxygens (including phenoxy) is 1. The van der Waals surface area contributed by atoms with Crippen molar-refractivity contribution in [1.29, 1.82) is 0 Å². The van der Waals surface area contributed by atoms with E-state index in [4.69, 9.17) is 4.74 Å². The molecule has 18 heavy (non-hydrogen) atoms. The van der Waals surface area contributed by atoms with Crippen molar-refractivity contribution in [1.82, 2.24) is 15.1 Å². The Morgan fingerprint density at radius 3 is 2.56 bits per heavy atom. The number of amides is 2. The molecule has 1 fully saturated rings. The number of carbonyl (C=O) groups is 1. The van der Waals surface area contributed by atoms with Gasteiger partial charge in [0.05, 0.1) is 0 Å². The molecular formula is C13H27N3O2. The van der Waals surface area contributed by atoms with E-state index in [1.807, 2.05) is 4.90 Å². The number of rotatable bonds is 5. The largest absolute Gasteiger partial charge is 0.384 e. The minimum atomic E-state index is 0.126. The van der Waals surface area contributed by atoms with E-state index in [9.17, 15) is 4.79 Å². The van der Waals surface area contributed by atoms with E-state index in [-0.39, 0.29) is 6.03 Å². The normalized spacial score (nSPS) is 18.8. The fourth-order valence-electron chi connectivity index (χ4n) is 2.27. The fraction of sp³-hybridized carbons (Fsp3) is 0.923. The highest BCUT2D eigenvalue weighted by Crippen LogP contribution is 2.12. The Morgan fingerprint density at radius 2 is 2.06 bits per heavy atom. The number of hydrogen-bond acceptors (Lipinski definition) is 3. The average Bonchev–Trinajstić information content (AvgIpc) is 2.36. The van der Waals surface area contributed by atoms with Gasteiger partial charge in [0.1, 0.15) is 0 Å². The van der Waals surface area contributed by atoms with Gasteiger partial charge in [0.2, 0.25) is 0 Å². The van der Waals surface area contributed by atoms with Crippen LogP contribution >= 0.6 is 0 Å². The van der Waals surface area contributed by atoms with E-state index in [1.54, 1.807) is 26.1 Å². The lowest BCUT2D eigenvalue weighted by Gasteiger charge is -2.34. The first-order valence-corrected chi connectivity index (χ1v) is 6.73.